The van der Waals surface area contributed by atoms with E-state index < -0.39 is 0 Å². The van der Waals surface area contributed by atoms with Crippen LogP contribution in [0.2, 0.25) is 0 Å². The molecule has 1 unspecified atom stereocenters. The van der Waals surface area contributed by atoms with Crippen LogP contribution in [-0.2, 0) is 6.42 Å². The first-order valence-electron chi connectivity index (χ1n) is 3.63. The molecule has 1 heterocycles. The lowest BCUT2D eigenvalue weighted by Gasteiger charge is -2.05. The number of aromatic nitrogens is 1. The Balaban J connectivity index is 2.78. The quantitative estimate of drug-likeness (QED) is 0.486. The highest BCUT2D eigenvalue weighted by molar-refractivity contribution is 4.98. The van der Waals surface area contributed by atoms with Gasteiger partial charge in [0.2, 0.25) is 0 Å². The van der Waals surface area contributed by atoms with E-state index in [1.807, 2.05) is 13.0 Å². The lowest BCUT2D eigenvalue weighted by atomic mass is 10.2. The number of hydrogen-bond donors (Lipinski definition) is 1. The van der Waals surface area contributed by atoms with Crippen molar-refractivity contribution in [2.45, 2.75) is 19.4 Å². The Morgan fingerprint density at radius 3 is 2.91 bits per heavy atom. The van der Waals surface area contributed by atoms with Crippen LogP contribution in [0.25, 0.3) is 0 Å². The Hall–Kier alpha value is -1.09. The van der Waals surface area contributed by atoms with E-state index >= 15 is 0 Å². The first kappa shape index (κ1) is 8.01. The van der Waals surface area contributed by atoms with E-state index in [4.69, 9.17) is 5.73 Å². The fourth-order valence-corrected chi connectivity index (χ4v) is 0.952. The summed E-state index contributed by atoms with van der Waals surface area (Å²) in [5.74, 6) is 0. The molecule has 1 atom stereocenters. The van der Waals surface area contributed by atoms with Gasteiger partial charge in [0.25, 0.3) is 0 Å². The van der Waals surface area contributed by atoms with Gasteiger partial charge in [-0.2, -0.15) is 4.73 Å². The van der Waals surface area contributed by atoms with Gasteiger partial charge in [-0.05, 0) is 6.92 Å². The normalized spacial score (nSPS) is 12.9. The van der Waals surface area contributed by atoms with Crippen molar-refractivity contribution in [3.8, 4) is 0 Å². The number of hydrogen-bond acceptors (Lipinski definition) is 2. The average Bonchev–Trinajstić information content (AvgIpc) is 1.93. The van der Waals surface area contributed by atoms with Crippen molar-refractivity contribution >= 4 is 0 Å². The summed E-state index contributed by atoms with van der Waals surface area (Å²) >= 11 is 0. The Labute approximate surface area is 66.0 Å². The van der Waals surface area contributed by atoms with Gasteiger partial charge < -0.3 is 10.9 Å². The summed E-state index contributed by atoms with van der Waals surface area (Å²) in [6.45, 7) is 1.88. The van der Waals surface area contributed by atoms with Gasteiger partial charge in [-0.25, -0.2) is 0 Å². The van der Waals surface area contributed by atoms with Crippen LogP contribution in [0.5, 0.6) is 0 Å². The minimum atomic E-state index is 0.0394. The van der Waals surface area contributed by atoms with Gasteiger partial charge in [-0.1, -0.05) is 6.07 Å². The number of nitrogens with zero attached hydrogens (tertiary/aromatic N) is 1. The van der Waals surface area contributed by atoms with Gasteiger partial charge in [0.1, 0.15) is 0 Å². The number of pyridine rings is 1. The largest absolute Gasteiger partial charge is 0.619 e. The van der Waals surface area contributed by atoms with Crippen LogP contribution in [0.1, 0.15) is 12.6 Å². The van der Waals surface area contributed by atoms with Crippen LogP contribution in [0, 0.1) is 5.21 Å². The lowest BCUT2D eigenvalue weighted by Crippen LogP contribution is -2.34. The standard InChI is InChI=1S/C8H12N2O/c1-7(9)6-8-4-2-3-5-10(8)11/h2-5,7H,6,9H2,1H3. The molecular formula is C8H12N2O. The topological polar surface area (TPSA) is 53.0 Å². The van der Waals surface area contributed by atoms with E-state index in [9.17, 15) is 5.21 Å². The van der Waals surface area contributed by atoms with E-state index in [2.05, 4.69) is 0 Å². The van der Waals surface area contributed by atoms with Crippen molar-refractivity contribution in [1.82, 2.24) is 0 Å². The molecule has 0 aliphatic carbocycles. The van der Waals surface area contributed by atoms with Crippen LogP contribution in [0.4, 0.5) is 0 Å². The molecule has 1 aromatic heterocycles. The fourth-order valence-electron chi connectivity index (χ4n) is 0.952. The molecule has 0 radical (unpaired) electrons. The van der Waals surface area contributed by atoms with Crippen LogP contribution in [0.3, 0.4) is 0 Å². The van der Waals surface area contributed by atoms with E-state index in [0.29, 0.717) is 6.42 Å². The highest BCUT2D eigenvalue weighted by atomic mass is 16.5. The van der Waals surface area contributed by atoms with Gasteiger partial charge in [0.05, 0.1) is 0 Å². The zero-order valence-electron chi connectivity index (χ0n) is 6.53. The van der Waals surface area contributed by atoms with Gasteiger partial charge in [-0.15, -0.1) is 0 Å². The SMILES string of the molecule is CC(N)Cc1cccc[n+]1[O-]. The van der Waals surface area contributed by atoms with Crippen LogP contribution < -0.4 is 10.5 Å². The minimum absolute atomic E-state index is 0.0394. The Morgan fingerprint density at radius 2 is 2.36 bits per heavy atom. The van der Waals surface area contributed by atoms with Crippen molar-refractivity contribution < 1.29 is 4.73 Å². The molecule has 0 aromatic carbocycles. The van der Waals surface area contributed by atoms with Crippen molar-refractivity contribution in [2.75, 3.05) is 0 Å². The smallest absolute Gasteiger partial charge is 0.194 e. The summed E-state index contributed by atoms with van der Waals surface area (Å²) in [7, 11) is 0. The second-order valence-electron chi connectivity index (χ2n) is 2.70. The average molecular weight is 152 g/mol. The molecule has 0 aliphatic rings. The molecule has 0 spiro atoms. The van der Waals surface area contributed by atoms with Crippen LogP contribution in [0.15, 0.2) is 24.4 Å². The third kappa shape index (κ3) is 2.20. The van der Waals surface area contributed by atoms with Crippen molar-refractivity contribution in [3.05, 3.63) is 35.3 Å². The molecule has 0 bridgehead atoms. The predicted octanol–water partition coefficient (Wildman–Crippen LogP) is 0.210. The Kier molecular flexibility index (Phi) is 2.44. The molecule has 1 aromatic rings. The molecule has 0 fully saturated rings. The fraction of sp³-hybridized carbons (Fsp3) is 0.375. The summed E-state index contributed by atoms with van der Waals surface area (Å²) in [6.07, 6.45) is 2.11. The maximum absolute atomic E-state index is 11.0. The monoisotopic (exact) mass is 152 g/mol. The molecule has 3 nitrogen and oxygen atoms in total. The van der Waals surface area contributed by atoms with Gasteiger partial charge >= 0.3 is 0 Å². The second kappa shape index (κ2) is 3.34. The third-order valence-electron chi connectivity index (χ3n) is 1.44. The maximum atomic E-state index is 11.0. The van der Waals surface area contributed by atoms with E-state index in [1.165, 1.54) is 6.20 Å². The van der Waals surface area contributed by atoms with Crippen LogP contribution >= 0.6 is 0 Å². The zero-order chi connectivity index (χ0) is 8.27. The summed E-state index contributed by atoms with van der Waals surface area (Å²) in [6, 6.07) is 5.37. The Morgan fingerprint density at radius 1 is 1.64 bits per heavy atom. The maximum Gasteiger partial charge on any atom is 0.194 e. The molecule has 1 rings (SSSR count). The van der Waals surface area contributed by atoms with Gasteiger partial charge in [-0.3, -0.25) is 0 Å². The van der Waals surface area contributed by atoms with E-state index in [-0.39, 0.29) is 6.04 Å². The van der Waals surface area contributed by atoms with Crippen molar-refractivity contribution in [3.63, 3.8) is 0 Å². The van der Waals surface area contributed by atoms with E-state index in [1.54, 1.807) is 12.1 Å². The summed E-state index contributed by atoms with van der Waals surface area (Å²) in [5, 5.41) is 11.0. The number of rotatable bonds is 2. The van der Waals surface area contributed by atoms with E-state index in [0.717, 1.165) is 10.4 Å². The molecular weight excluding hydrogens is 140 g/mol. The molecule has 2 N–H and O–H groups in total. The molecule has 0 saturated heterocycles. The number of nitrogens with two attached hydrogens (primary N) is 1. The molecule has 3 heteroatoms. The molecule has 60 valence electrons. The summed E-state index contributed by atoms with van der Waals surface area (Å²) < 4.78 is 0.851. The minimum Gasteiger partial charge on any atom is -0.619 e. The predicted molar refractivity (Wildman–Crippen MR) is 42.8 cm³/mol. The first-order valence-corrected chi connectivity index (χ1v) is 3.63. The third-order valence-corrected chi connectivity index (χ3v) is 1.44. The summed E-state index contributed by atoms with van der Waals surface area (Å²) in [5.41, 5.74) is 6.27. The highest BCUT2D eigenvalue weighted by Gasteiger charge is 2.05. The zero-order valence-corrected chi connectivity index (χ0v) is 6.53. The molecule has 0 amide bonds. The first-order chi connectivity index (χ1) is 5.20. The molecule has 0 saturated carbocycles. The second-order valence-corrected chi connectivity index (χ2v) is 2.70. The highest BCUT2D eigenvalue weighted by Crippen LogP contribution is 1.94. The van der Waals surface area contributed by atoms with Crippen molar-refractivity contribution in [2.24, 2.45) is 5.73 Å². The molecule has 0 aliphatic heterocycles. The lowest BCUT2D eigenvalue weighted by molar-refractivity contribution is -0.614. The van der Waals surface area contributed by atoms with Crippen molar-refractivity contribution in [1.29, 1.82) is 0 Å². The van der Waals surface area contributed by atoms with Gasteiger partial charge in [0, 0.05) is 24.6 Å². The van der Waals surface area contributed by atoms with Gasteiger partial charge in [0.15, 0.2) is 11.9 Å². The Bertz CT molecular complexity index is 235. The summed E-state index contributed by atoms with van der Waals surface area (Å²) in [4.78, 5) is 0. The van der Waals surface area contributed by atoms with Crippen LogP contribution in [-0.4, -0.2) is 6.04 Å². The molecule has 11 heavy (non-hydrogen) atoms.